The third kappa shape index (κ3) is 30.3. The van der Waals surface area contributed by atoms with Crippen molar-refractivity contribution in [2.24, 2.45) is 37.0 Å². The van der Waals surface area contributed by atoms with E-state index >= 15 is 0 Å². The van der Waals surface area contributed by atoms with Crippen molar-refractivity contribution < 1.29 is 67.2 Å². The van der Waals surface area contributed by atoms with Gasteiger partial charge in [-0.25, -0.2) is 46.8 Å². The SMILES string of the molecule is C.CC(=N[S@](=O)C(C)(C)C)c1sc(Br)cc1Cl.CC(C)(C)[S@@](=O)N[C@@](C)(CCC1(C#N)CCCC1)c1sc(Br)cc1Cl.CS(=O)(=O)C1(C#N)CCCC1.C[C@@]1(c2sc(-c3cncc(C#N)c3)cc2Cl)CS(=O)(=O)C2(CCCC2)C(N)=N1.C[C@@]1(c2sc(Br)cc2Cl)CS(=O)(=O)C2(CCCC2)C(N)=N1.C[C@](N)(CS(=O)(=O)C1(C#N)CCCC1)c1sc(Br)cc1Cl.Cl.N#Cc1cncc(B(O)O)c1.[Cl][Cu]. The van der Waals surface area contributed by atoms with Crippen molar-refractivity contribution in [3.8, 4) is 40.8 Å². The third-order valence-electron chi connectivity index (χ3n) is 24.1. The van der Waals surface area contributed by atoms with Gasteiger partial charge in [0, 0.05) is 56.7 Å². The fraction of sp³-hybridized carbons (Fsp3) is 0.563. The van der Waals surface area contributed by atoms with Gasteiger partial charge in [-0.3, -0.25) is 20.0 Å². The van der Waals surface area contributed by atoms with Crippen LogP contribution in [0.5, 0.6) is 0 Å². The van der Waals surface area contributed by atoms with Gasteiger partial charge in [0.15, 0.2) is 48.8 Å². The quantitative estimate of drug-likeness (QED) is 0.0364. The minimum absolute atomic E-state index is 0. The van der Waals surface area contributed by atoms with Crippen molar-refractivity contribution in [2.75, 3.05) is 23.5 Å². The molecular formula is C87H111BBr4Cl7CuN14O12S11. The zero-order chi connectivity index (χ0) is 102. The first-order valence-corrected chi connectivity index (χ1v) is 61.6. The summed E-state index contributed by atoms with van der Waals surface area (Å²) >= 11 is 55.8. The molecule has 2 aliphatic heterocycles. The normalized spacial score (nSPS) is 21.3. The Balaban J connectivity index is 0.000000286. The molecule has 5 aliphatic carbocycles. The molecule has 2 spiro atoms. The zero-order valence-electron chi connectivity index (χ0n) is 76.3. The van der Waals surface area contributed by atoms with Crippen LogP contribution < -0.4 is 27.4 Å². The maximum atomic E-state index is 13.2. The van der Waals surface area contributed by atoms with E-state index in [2.05, 4.69) is 132 Å². The Kier molecular flexibility index (Phi) is 46.3. The Labute approximate surface area is 909 Å². The molecule has 50 heteroatoms. The number of aromatic nitrogens is 2. The summed E-state index contributed by atoms with van der Waals surface area (Å²) in [4.78, 5) is 21.7. The second-order valence-corrected chi connectivity index (χ2v) is 62.7. The molecule has 0 amide bonds. The number of halogens is 11. The number of thiophene rings is 5. The van der Waals surface area contributed by atoms with Crippen molar-refractivity contribution in [1.82, 2.24) is 14.7 Å². The Morgan fingerprint density at radius 3 is 1.36 bits per heavy atom. The number of nitrogens with one attached hydrogen (secondary N) is 1. The van der Waals surface area contributed by atoms with E-state index in [1.54, 1.807) is 62.6 Å². The number of hydrogen-bond acceptors (Lipinski definition) is 29. The molecular weight excluding hydrogens is 2430 g/mol. The second kappa shape index (κ2) is 50.8. The van der Waals surface area contributed by atoms with Gasteiger partial charge in [-0.15, -0.1) is 69.1 Å². The van der Waals surface area contributed by atoms with E-state index in [1.807, 2.05) is 78.8 Å². The van der Waals surface area contributed by atoms with Crippen molar-refractivity contribution in [3.63, 3.8) is 0 Å². The molecule has 6 atom stereocenters. The topological polar surface area (TPSA) is 483 Å². The van der Waals surface area contributed by atoms with Crippen LogP contribution in [0.25, 0.3) is 10.4 Å². The number of sulfone groups is 4. The van der Waals surface area contributed by atoms with Gasteiger partial charge in [0.25, 0.3) is 0 Å². The molecule has 0 aromatic carbocycles. The average Bonchev–Trinajstić information content (AvgIpc) is 1.69. The number of rotatable bonds is 17. The maximum absolute atomic E-state index is 13.2. The fourth-order valence-corrected chi connectivity index (χ4v) is 37.3. The first-order chi connectivity index (χ1) is 62.5. The average molecular weight is 2540 g/mol. The molecule has 7 aromatic rings. The number of amidine groups is 2. The molecule has 26 nitrogen and oxygen atoms in total. The molecule has 7 aromatic heterocycles. The van der Waals surface area contributed by atoms with Crippen LogP contribution in [0.1, 0.15) is 260 Å². The van der Waals surface area contributed by atoms with E-state index in [0.717, 1.165) is 136 Å². The summed E-state index contributed by atoms with van der Waals surface area (Å²) in [5.74, 6) is 0.0389. The first-order valence-electron chi connectivity index (χ1n) is 42.1. The van der Waals surface area contributed by atoms with Crippen molar-refractivity contribution in [1.29, 1.82) is 26.3 Å². The molecule has 0 radical (unpaired) electrons. The van der Waals surface area contributed by atoms with E-state index in [1.165, 1.54) is 70.0 Å². The predicted octanol–water partition coefficient (Wildman–Crippen LogP) is 22.7. The summed E-state index contributed by atoms with van der Waals surface area (Å²) in [6.07, 6.45) is 23.4. The molecule has 0 saturated heterocycles. The van der Waals surface area contributed by atoms with Gasteiger partial charge in [-0.05, 0) is 259 Å². The van der Waals surface area contributed by atoms with Crippen LogP contribution in [0.4, 0.5) is 0 Å². The van der Waals surface area contributed by atoms with E-state index in [0.29, 0.717) is 103 Å². The van der Waals surface area contributed by atoms with E-state index in [-0.39, 0.29) is 69.1 Å². The predicted molar refractivity (Wildman–Crippen MR) is 580 cm³/mol. The molecule has 0 unspecified atom stereocenters. The van der Waals surface area contributed by atoms with Crippen LogP contribution in [-0.2, 0) is 98.6 Å². The van der Waals surface area contributed by atoms with Crippen LogP contribution in [0, 0.1) is 62.1 Å². The minimum atomic E-state index is -3.64. The summed E-state index contributed by atoms with van der Waals surface area (Å²) in [5, 5.41) is 65.3. The molecule has 14 rings (SSSR count). The number of pyridine rings is 2. The molecule has 0 bridgehead atoms. The van der Waals surface area contributed by atoms with Gasteiger partial charge in [0.2, 0.25) is 0 Å². The number of nitriles is 5. The summed E-state index contributed by atoms with van der Waals surface area (Å²) in [6, 6.07) is 22.5. The molecule has 7 aliphatic rings. The van der Waals surface area contributed by atoms with Crippen LogP contribution in [0.3, 0.4) is 0 Å². The van der Waals surface area contributed by atoms with Gasteiger partial charge in [-0.1, -0.05) is 130 Å². The zero-order valence-corrected chi connectivity index (χ0v) is 97.9. The fourth-order valence-electron chi connectivity index (χ4n) is 16.7. The number of nitrogens with zero attached hydrogens (tertiary/aromatic N) is 10. The molecule has 5 saturated carbocycles. The first kappa shape index (κ1) is 125. The second-order valence-electron chi connectivity index (χ2n) is 36.8. The van der Waals surface area contributed by atoms with Crippen LogP contribution >= 0.6 is 201 Å². The van der Waals surface area contributed by atoms with Gasteiger partial charge in [-0.2, -0.15) is 30.7 Å². The Morgan fingerprint density at radius 2 is 0.978 bits per heavy atom. The summed E-state index contributed by atoms with van der Waals surface area (Å²) < 4.78 is 131. The number of aliphatic imine (C=N–C) groups is 2. The van der Waals surface area contributed by atoms with Crippen molar-refractivity contribution in [2.45, 2.75) is 275 Å². The van der Waals surface area contributed by atoms with Gasteiger partial charge >= 0.3 is 32.3 Å². The molecule has 758 valence electrons. The van der Waals surface area contributed by atoms with Gasteiger partial charge in [0.05, 0.1) is 144 Å². The third-order valence-corrected chi connectivity index (χ3v) is 48.4. The Morgan fingerprint density at radius 1 is 0.577 bits per heavy atom. The van der Waals surface area contributed by atoms with E-state index in [9.17, 15) is 52.6 Å². The van der Waals surface area contributed by atoms with Crippen molar-refractivity contribution >= 4 is 292 Å². The van der Waals surface area contributed by atoms with Gasteiger partial charge in [0.1, 0.15) is 55.4 Å². The van der Waals surface area contributed by atoms with E-state index < -0.39 is 110 Å². The standard InChI is InChI=1S/C19H19ClN4O2S2.C18H26BrClN2OS2.2C13H16BrClN2O2S2.C10H13BrClNOS2.C7H11NO2S.C6H5BN2O2.CH4.2ClH.Cu/c1-18(11-28(25,26)19(17(22)24-18)4-2-3-5-19)16-14(20)7-15(27-16)13-6-12(8-21)9-23-10-13;1-16(2,3)25(23)22-17(4,15-13(20)11-14(19)24-15)9-10-18(12-21)7-5-6-8-18;1-12(10-8(15)6-9(14)20-10)7-21(18,19)13(11(16)17-12)4-2-3-5-13;1-12(17,11-9(15)6-10(14)20-11)8-21(18,19)13(7-16)4-2-3-5-13;1-6(13-16(14)10(2,3)4)9-7(12)5-8(11)15-9;1-11(9,10)7(6-8)4-2-3-5-7;8-2-5-1-6(7(10)11)4-9-3-5;;;;/h6-7,9-10H,2-5,11H2,1H3,(H2,22,24);11,22H,5-10H2,1-4H3;6H,2-5,7H2,1H3,(H2,16,17);6H,2-5,8,17H2,1H3;5H,1-4H3;2-5H2,1H3;1,3-4,10-11H;1H4;2*1H;/q;;;;;;;;;;+1/p-1/t18-;17-,25+;2*12-;16-;;;;;;/m00001....../s1. The Hall–Kier alpha value is -2.67. The summed E-state index contributed by atoms with van der Waals surface area (Å²) in [5.41, 5.74) is 17.3. The molecule has 5 fully saturated rings. The van der Waals surface area contributed by atoms with Crippen molar-refractivity contribution in [3.05, 3.63) is 143 Å². The summed E-state index contributed by atoms with van der Waals surface area (Å²) in [7, 11) is -13.5. The van der Waals surface area contributed by atoms with E-state index in [4.69, 9.17) is 106 Å². The molecule has 9 heterocycles. The van der Waals surface area contributed by atoms with Gasteiger partial charge < -0.3 is 27.2 Å². The Bertz CT molecular complexity index is 6310. The van der Waals surface area contributed by atoms with Crippen LogP contribution in [0.2, 0.25) is 25.1 Å². The molecule has 9 N–H and O–H groups in total. The monoisotopic (exact) mass is 2530 g/mol. The molecule has 137 heavy (non-hydrogen) atoms. The summed E-state index contributed by atoms with van der Waals surface area (Å²) in [6.45, 7) is 20.6. The number of nitrogens with two attached hydrogens (primary N) is 3. The van der Waals surface area contributed by atoms with Crippen LogP contribution in [0.15, 0.2) is 96.8 Å². The number of hydrogen-bond donors (Lipinski definition) is 6. The van der Waals surface area contributed by atoms with Crippen LogP contribution in [-0.4, -0.2) is 139 Å².